The highest BCUT2D eigenvalue weighted by Crippen LogP contribution is 2.34. The summed E-state index contributed by atoms with van der Waals surface area (Å²) < 4.78 is 6.97. The summed E-state index contributed by atoms with van der Waals surface area (Å²) in [5.41, 5.74) is 0.267. The third-order valence-corrected chi connectivity index (χ3v) is 4.76. The van der Waals surface area contributed by atoms with Crippen molar-refractivity contribution in [2.24, 2.45) is 0 Å². The number of amides is 1. The van der Waals surface area contributed by atoms with Gasteiger partial charge in [0, 0.05) is 22.2 Å². The molecule has 2 rings (SSSR count). The van der Waals surface area contributed by atoms with Crippen LogP contribution in [0.25, 0.3) is 6.08 Å². The van der Waals surface area contributed by atoms with Gasteiger partial charge >= 0.3 is 0 Å². The van der Waals surface area contributed by atoms with Gasteiger partial charge < -0.3 is 10.1 Å². The molecule has 28 heavy (non-hydrogen) atoms. The van der Waals surface area contributed by atoms with E-state index in [9.17, 15) is 20.2 Å². The lowest BCUT2D eigenvalue weighted by Crippen LogP contribution is -2.14. The number of anilines is 1. The number of nitro benzene ring substituents is 1. The third-order valence-electron chi connectivity index (χ3n) is 3.40. The lowest BCUT2D eigenvalue weighted by atomic mass is 10.1. The maximum Gasteiger partial charge on any atom is 0.271 e. The average molecular weight is 530 g/mol. The van der Waals surface area contributed by atoms with Crippen LogP contribution in [0.3, 0.4) is 0 Å². The molecule has 1 amide bonds. The maximum absolute atomic E-state index is 12.5. The highest BCUT2D eigenvalue weighted by atomic mass is 79.9. The smallest absolute Gasteiger partial charge is 0.271 e. The number of ether oxygens (including phenoxy) is 1. The first-order valence-corrected chi connectivity index (χ1v) is 9.72. The van der Waals surface area contributed by atoms with Crippen LogP contribution in [0.5, 0.6) is 5.75 Å². The summed E-state index contributed by atoms with van der Waals surface area (Å²) in [6.07, 6.45) is 1.38. The number of benzene rings is 2. The van der Waals surface area contributed by atoms with Crippen molar-refractivity contribution in [1.82, 2.24) is 0 Å². The third kappa shape index (κ3) is 5.32. The van der Waals surface area contributed by atoms with E-state index in [-0.39, 0.29) is 22.0 Å². The summed E-state index contributed by atoms with van der Waals surface area (Å²) in [6, 6.07) is 8.95. The maximum atomic E-state index is 12.5. The van der Waals surface area contributed by atoms with Crippen molar-refractivity contribution in [3.05, 3.63) is 65.6 Å². The second kappa shape index (κ2) is 9.68. The minimum absolute atomic E-state index is 0.0138. The molecule has 7 nitrogen and oxygen atoms in total. The van der Waals surface area contributed by atoms with Crippen molar-refractivity contribution in [2.45, 2.75) is 6.92 Å². The molecule has 0 bridgehead atoms. The van der Waals surface area contributed by atoms with Crippen LogP contribution in [-0.4, -0.2) is 17.4 Å². The molecule has 10 heteroatoms. The molecule has 0 saturated carbocycles. The van der Waals surface area contributed by atoms with Gasteiger partial charge in [0.25, 0.3) is 11.6 Å². The predicted molar refractivity (Wildman–Crippen MR) is 113 cm³/mol. The number of nitrogens with one attached hydrogen (secondary N) is 1. The molecule has 0 unspecified atom stereocenters. The van der Waals surface area contributed by atoms with Crippen LogP contribution < -0.4 is 10.1 Å². The van der Waals surface area contributed by atoms with E-state index in [0.717, 1.165) is 10.5 Å². The highest BCUT2D eigenvalue weighted by molar-refractivity contribution is 9.11. The molecule has 0 radical (unpaired) electrons. The minimum Gasteiger partial charge on any atom is -0.492 e. The predicted octanol–water partition coefficient (Wildman–Crippen LogP) is 5.72. The lowest BCUT2D eigenvalue weighted by Gasteiger charge is -2.11. The lowest BCUT2D eigenvalue weighted by molar-refractivity contribution is -0.384. The van der Waals surface area contributed by atoms with E-state index in [1.165, 1.54) is 18.2 Å². The number of halogens is 3. The van der Waals surface area contributed by atoms with Crippen LogP contribution >= 0.6 is 43.5 Å². The number of nitriles is 1. The van der Waals surface area contributed by atoms with Crippen molar-refractivity contribution in [3.8, 4) is 11.8 Å². The largest absolute Gasteiger partial charge is 0.492 e. The molecule has 2 aromatic rings. The van der Waals surface area contributed by atoms with Gasteiger partial charge in [0.05, 0.1) is 26.7 Å². The molecular formula is C18H12Br2ClN3O4. The Morgan fingerprint density at radius 1 is 1.39 bits per heavy atom. The summed E-state index contributed by atoms with van der Waals surface area (Å²) >= 11 is 12.7. The number of carbonyl (C=O) groups excluding carboxylic acids is 1. The fourth-order valence-electron chi connectivity index (χ4n) is 2.20. The normalized spacial score (nSPS) is 10.9. The summed E-state index contributed by atoms with van der Waals surface area (Å²) in [5.74, 6) is -0.226. The number of nitrogens with zero attached hydrogens (tertiary/aromatic N) is 2. The van der Waals surface area contributed by atoms with E-state index in [2.05, 4.69) is 37.2 Å². The standard InChI is InChI=1S/C18H12Br2ClN3O4/c1-2-28-17-10(6-12(19)7-14(17)20)5-11(9-22)18(25)23-16-4-3-13(24(26)27)8-15(16)21/h3-8H,2H2,1H3,(H,23,25)/b11-5+. The molecule has 0 heterocycles. The number of carbonyl (C=O) groups is 1. The quantitative estimate of drug-likeness (QED) is 0.223. The van der Waals surface area contributed by atoms with Gasteiger partial charge in [-0.2, -0.15) is 5.26 Å². The summed E-state index contributed by atoms with van der Waals surface area (Å²) in [6.45, 7) is 2.21. The van der Waals surface area contributed by atoms with Gasteiger partial charge in [-0.1, -0.05) is 27.5 Å². The SMILES string of the molecule is CCOc1c(Br)cc(Br)cc1/C=C(\C#N)C(=O)Nc1ccc([N+](=O)[O-])cc1Cl. The van der Waals surface area contributed by atoms with Crippen LogP contribution in [0, 0.1) is 21.4 Å². The Labute approximate surface area is 182 Å². The molecule has 0 atom stereocenters. The van der Waals surface area contributed by atoms with Crippen molar-refractivity contribution >= 4 is 66.8 Å². The highest BCUT2D eigenvalue weighted by Gasteiger charge is 2.16. The minimum atomic E-state index is -0.711. The van der Waals surface area contributed by atoms with Gasteiger partial charge in [0.1, 0.15) is 17.4 Å². The van der Waals surface area contributed by atoms with Crippen LogP contribution in [0.15, 0.2) is 44.9 Å². The van der Waals surface area contributed by atoms with Gasteiger partial charge in [0.2, 0.25) is 0 Å². The van der Waals surface area contributed by atoms with Gasteiger partial charge in [-0.25, -0.2) is 0 Å². The van der Waals surface area contributed by atoms with E-state index in [1.54, 1.807) is 12.1 Å². The van der Waals surface area contributed by atoms with Gasteiger partial charge in [-0.15, -0.1) is 0 Å². The van der Waals surface area contributed by atoms with E-state index in [0.29, 0.717) is 22.4 Å². The number of rotatable bonds is 6. The van der Waals surface area contributed by atoms with Gasteiger partial charge in [-0.05, 0) is 47.1 Å². The fraction of sp³-hybridized carbons (Fsp3) is 0.111. The molecule has 0 fully saturated rings. The Kier molecular flexibility index (Phi) is 7.57. The molecular weight excluding hydrogens is 517 g/mol. The van der Waals surface area contributed by atoms with E-state index >= 15 is 0 Å². The van der Waals surface area contributed by atoms with Crippen LogP contribution in [0.1, 0.15) is 12.5 Å². The van der Waals surface area contributed by atoms with Crippen LogP contribution in [-0.2, 0) is 4.79 Å². The van der Waals surface area contributed by atoms with E-state index in [1.807, 2.05) is 13.0 Å². The first-order valence-electron chi connectivity index (χ1n) is 7.75. The number of hydrogen-bond donors (Lipinski definition) is 1. The Balaban J connectivity index is 2.37. The molecule has 0 aliphatic carbocycles. The molecule has 0 spiro atoms. The number of hydrogen-bond acceptors (Lipinski definition) is 5. The summed E-state index contributed by atoms with van der Waals surface area (Å²) in [4.78, 5) is 22.7. The molecule has 1 N–H and O–H groups in total. The molecule has 144 valence electrons. The van der Waals surface area contributed by atoms with Crippen LogP contribution in [0.4, 0.5) is 11.4 Å². The zero-order valence-electron chi connectivity index (χ0n) is 14.3. The van der Waals surface area contributed by atoms with Crippen molar-refractivity contribution in [2.75, 3.05) is 11.9 Å². The zero-order valence-corrected chi connectivity index (χ0v) is 18.3. The molecule has 0 saturated heterocycles. The van der Waals surface area contributed by atoms with E-state index in [4.69, 9.17) is 16.3 Å². The second-order valence-electron chi connectivity index (χ2n) is 5.28. The molecule has 0 aliphatic rings. The Morgan fingerprint density at radius 3 is 2.68 bits per heavy atom. The number of non-ortho nitro benzene ring substituents is 1. The molecule has 0 aliphatic heterocycles. The van der Waals surface area contributed by atoms with Crippen molar-refractivity contribution in [3.63, 3.8) is 0 Å². The Hall–Kier alpha value is -2.41. The summed E-state index contributed by atoms with van der Waals surface area (Å²) in [5, 5.41) is 22.7. The first-order chi connectivity index (χ1) is 13.3. The Morgan fingerprint density at radius 2 is 2.11 bits per heavy atom. The van der Waals surface area contributed by atoms with Crippen molar-refractivity contribution < 1.29 is 14.5 Å². The Bertz CT molecular complexity index is 1020. The topological polar surface area (TPSA) is 105 Å². The van der Waals surface area contributed by atoms with E-state index < -0.39 is 10.8 Å². The average Bonchev–Trinajstić information content (AvgIpc) is 2.63. The fourth-order valence-corrected chi connectivity index (χ4v) is 3.79. The molecule has 0 aromatic heterocycles. The second-order valence-corrected chi connectivity index (χ2v) is 7.46. The van der Waals surface area contributed by atoms with Gasteiger partial charge in [0.15, 0.2) is 0 Å². The molecule has 2 aromatic carbocycles. The zero-order chi connectivity index (χ0) is 20.8. The van der Waals surface area contributed by atoms with Crippen LogP contribution in [0.2, 0.25) is 5.02 Å². The summed E-state index contributed by atoms with van der Waals surface area (Å²) in [7, 11) is 0. The van der Waals surface area contributed by atoms with Gasteiger partial charge in [-0.3, -0.25) is 14.9 Å². The number of nitro groups is 1. The van der Waals surface area contributed by atoms with Crippen molar-refractivity contribution in [1.29, 1.82) is 5.26 Å². The first kappa shape index (κ1) is 21.9. The monoisotopic (exact) mass is 527 g/mol.